The van der Waals surface area contributed by atoms with Crippen LogP contribution in [0, 0.1) is 5.41 Å². The first kappa shape index (κ1) is 8.17. The highest BCUT2D eigenvalue weighted by Gasteiger charge is 1.87. The molecule has 0 fully saturated rings. The van der Waals surface area contributed by atoms with Crippen molar-refractivity contribution in [3.05, 3.63) is 0 Å². The Bertz CT molecular complexity index is 74.4. The Balaban J connectivity index is 2.82. The zero-order valence-electron chi connectivity index (χ0n) is 4.81. The minimum Gasteiger partial charge on any atom is -0.379 e. The largest absolute Gasteiger partial charge is 0.379 e. The van der Waals surface area contributed by atoms with Gasteiger partial charge < -0.3 is 5.73 Å². The fraction of sp³-hybridized carbons (Fsp3) is 0.750. The molecule has 0 heterocycles. The Morgan fingerprint density at radius 3 is 2.62 bits per heavy atom. The van der Waals surface area contributed by atoms with E-state index in [9.17, 15) is 0 Å². The van der Waals surface area contributed by atoms with Gasteiger partial charge in [0, 0.05) is 11.5 Å². The van der Waals surface area contributed by atoms with Crippen molar-refractivity contribution in [2.75, 3.05) is 17.8 Å². The Hall–Kier alpha value is 0.170. The molecule has 0 aromatic carbocycles. The van der Waals surface area contributed by atoms with Crippen molar-refractivity contribution in [3.63, 3.8) is 0 Å². The maximum atomic E-state index is 6.80. The van der Waals surface area contributed by atoms with Gasteiger partial charge in [-0.05, 0) is 6.26 Å². The molecule has 0 aliphatic rings. The van der Waals surface area contributed by atoms with E-state index in [2.05, 4.69) is 0 Å². The van der Waals surface area contributed by atoms with Gasteiger partial charge in [0.15, 0.2) is 5.17 Å². The van der Waals surface area contributed by atoms with Gasteiger partial charge in [-0.25, -0.2) is 0 Å². The number of amidine groups is 1. The quantitative estimate of drug-likeness (QED) is 0.358. The van der Waals surface area contributed by atoms with Crippen LogP contribution in [-0.2, 0) is 0 Å². The summed E-state index contributed by atoms with van der Waals surface area (Å²) in [6.45, 7) is 0. The molecule has 0 atom stereocenters. The van der Waals surface area contributed by atoms with Crippen LogP contribution < -0.4 is 5.73 Å². The highest BCUT2D eigenvalue weighted by atomic mass is 32.2. The van der Waals surface area contributed by atoms with Crippen molar-refractivity contribution < 1.29 is 0 Å². The molecule has 0 aliphatic carbocycles. The van der Waals surface area contributed by atoms with E-state index in [1.807, 2.05) is 6.26 Å². The smallest absolute Gasteiger partial charge is 0.151 e. The molecule has 8 heavy (non-hydrogen) atoms. The number of rotatable bonds is 3. The number of hydrogen-bond donors (Lipinski definition) is 2. The molecule has 0 saturated carbocycles. The second kappa shape index (κ2) is 5.31. The van der Waals surface area contributed by atoms with Gasteiger partial charge in [0.2, 0.25) is 0 Å². The first-order valence-corrected chi connectivity index (χ1v) is 4.61. The topological polar surface area (TPSA) is 49.9 Å². The summed E-state index contributed by atoms with van der Waals surface area (Å²) in [5, 5.41) is 7.03. The molecule has 0 unspecified atom stereocenters. The molecule has 4 heteroatoms. The summed E-state index contributed by atoms with van der Waals surface area (Å²) >= 11 is 3.17. The lowest BCUT2D eigenvalue weighted by molar-refractivity contribution is 1.49. The number of nitrogens with two attached hydrogens (primary N) is 1. The zero-order chi connectivity index (χ0) is 6.41. The average molecular weight is 150 g/mol. The van der Waals surface area contributed by atoms with E-state index in [-0.39, 0.29) is 5.17 Å². The van der Waals surface area contributed by atoms with Gasteiger partial charge in [-0.15, -0.1) is 0 Å². The van der Waals surface area contributed by atoms with Crippen LogP contribution in [-0.4, -0.2) is 22.9 Å². The van der Waals surface area contributed by atoms with E-state index in [1.165, 1.54) is 11.8 Å². The fourth-order valence-corrected chi connectivity index (χ4v) is 1.45. The van der Waals surface area contributed by atoms with Crippen molar-refractivity contribution in [3.8, 4) is 0 Å². The van der Waals surface area contributed by atoms with Crippen LogP contribution >= 0.6 is 23.5 Å². The molecule has 0 aliphatic heterocycles. The summed E-state index contributed by atoms with van der Waals surface area (Å²) in [6, 6.07) is 0. The first-order chi connectivity index (χ1) is 3.77. The molecule has 0 amide bonds. The lowest BCUT2D eigenvalue weighted by Gasteiger charge is -1.93. The minimum absolute atomic E-state index is 0.221. The highest BCUT2D eigenvalue weighted by Crippen LogP contribution is 2.01. The molecule has 0 radical (unpaired) electrons. The van der Waals surface area contributed by atoms with Gasteiger partial charge in [0.1, 0.15) is 0 Å². The van der Waals surface area contributed by atoms with Gasteiger partial charge in [-0.2, -0.15) is 11.8 Å². The number of hydrogen-bond acceptors (Lipinski definition) is 3. The van der Waals surface area contributed by atoms with Crippen LogP contribution in [0.4, 0.5) is 0 Å². The summed E-state index contributed by atoms with van der Waals surface area (Å²) in [4.78, 5) is 0. The summed E-state index contributed by atoms with van der Waals surface area (Å²) < 4.78 is 0. The van der Waals surface area contributed by atoms with Crippen molar-refractivity contribution in [2.24, 2.45) is 5.73 Å². The van der Waals surface area contributed by atoms with E-state index >= 15 is 0 Å². The highest BCUT2D eigenvalue weighted by molar-refractivity contribution is 8.14. The molecule has 0 bridgehead atoms. The van der Waals surface area contributed by atoms with E-state index in [0.29, 0.717) is 0 Å². The molecule has 0 aromatic heterocycles. The van der Waals surface area contributed by atoms with E-state index in [0.717, 1.165) is 11.5 Å². The second-order valence-electron chi connectivity index (χ2n) is 1.21. The summed E-state index contributed by atoms with van der Waals surface area (Å²) in [5.74, 6) is 2.03. The normalized spacial score (nSPS) is 9.12. The van der Waals surface area contributed by atoms with Gasteiger partial charge in [0.25, 0.3) is 0 Å². The molecule has 0 saturated heterocycles. The predicted molar refractivity (Wildman–Crippen MR) is 42.8 cm³/mol. The Labute approximate surface area is 58.1 Å². The molecule has 2 nitrogen and oxygen atoms in total. The average Bonchev–Trinajstić information content (AvgIpc) is 1.66. The lowest BCUT2D eigenvalue weighted by atomic mass is 11.0. The van der Waals surface area contributed by atoms with E-state index in [4.69, 9.17) is 11.1 Å². The third-order valence-corrected chi connectivity index (χ3v) is 2.14. The zero-order valence-corrected chi connectivity index (χ0v) is 6.44. The van der Waals surface area contributed by atoms with E-state index < -0.39 is 0 Å². The van der Waals surface area contributed by atoms with Crippen LogP contribution in [0.1, 0.15) is 0 Å². The third kappa shape index (κ3) is 6.17. The van der Waals surface area contributed by atoms with Crippen LogP contribution in [0.15, 0.2) is 0 Å². The standard InChI is InChI=1S/C4H10N2S2/c1-7-2-3-8-4(5)6/h2-3H2,1H3,(H3,5,6). The molecule has 0 rings (SSSR count). The number of nitrogens with one attached hydrogen (secondary N) is 1. The van der Waals surface area contributed by atoms with Crippen molar-refractivity contribution >= 4 is 28.7 Å². The summed E-state index contributed by atoms with van der Waals surface area (Å²) in [5.41, 5.74) is 5.07. The molecular weight excluding hydrogens is 140 g/mol. The van der Waals surface area contributed by atoms with Gasteiger partial charge in [-0.3, -0.25) is 5.41 Å². The summed E-state index contributed by atoms with van der Waals surface area (Å²) in [6.07, 6.45) is 2.04. The van der Waals surface area contributed by atoms with Gasteiger partial charge in [0.05, 0.1) is 0 Å². The molecule has 0 spiro atoms. The van der Waals surface area contributed by atoms with Crippen molar-refractivity contribution in [1.82, 2.24) is 0 Å². The fourth-order valence-electron chi connectivity index (χ4n) is 0.235. The molecule has 0 aromatic rings. The Morgan fingerprint density at radius 1 is 1.62 bits per heavy atom. The van der Waals surface area contributed by atoms with Crippen molar-refractivity contribution in [1.29, 1.82) is 5.41 Å². The lowest BCUT2D eigenvalue weighted by Crippen LogP contribution is -2.04. The van der Waals surface area contributed by atoms with E-state index in [1.54, 1.807) is 11.8 Å². The van der Waals surface area contributed by atoms with Gasteiger partial charge >= 0.3 is 0 Å². The SMILES string of the molecule is CSCCSC(=N)N. The van der Waals surface area contributed by atoms with Crippen LogP contribution in [0.5, 0.6) is 0 Å². The third-order valence-electron chi connectivity index (χ3n) is 0.545. The number of thioether (sulfide) groups is 2. The minimum atomic E-state index is 0.221. The van der Waals surface area contributed by atoms with Crippen LogP contribution in [0.3, 0.4) is 0 Å². The van der Waals surface area contributed by atoms with Crippen LogP contribution in [0.2, 0.25) is 0 Å². The molecule has 48 valence electrons. The summed E-state index contributed by atoms with van der Waals surface area (Å²) in [7, 11) is 0. The van der Waals surface area contributed by atoms with Crippen LogP contribution in [0.25, 0.3) is 0 Å². The van der Waals surface area contributed by atoms with Crippen molar-refractivity contribution in [2.45, 2.75) is 0 Å². The maximum absolute atomic E-state index is 6.80. The Morgan fingerprint density at radius 2 is 2.25 bits per heavy atom. The molecular formula is C4H10N2S2. The first-order valence-electron chi connectivity index (χ1n) is 2.23. The predicted octanol–water partition coefficient (Wildman–Crippen LogP) is 0.976. The maximum Gasteiger partial charge on any atom is 0.151 e. The monoisotopic (exact) mass is 150 g/mol. The van der Waals surface area contributed by atoms with Gasteiger partial charge in [-0.1, -0.05) is 11.8 Å². The second-order valence-corrected chi connectivity index (χ2v) is 3.33. The molecule has 3 N–H and O–H groups in total. The Kier molecular flexibility index (Phi) is 5.42.